The van der Waals surface area contributed by atoms with Crippen LogP contribution in [0.2, 0.25) is 0 Å². The van der Waals surface area contributed by atoms with Gasteiger partial charge in [-0.3, -0.25) is 9.89 Å². The molecule has 2 aliphatic rings. The van der Waals surface area contributed by atoms with E-state index in [1.165, 1.54) is 6.08 Å². The fourth-order valence-corrected chi connectivity index (χ4v) is 5.34. The molecular formula is C28H32N8O3. The summed E-state index contributed by atoms with van der Waals surface area (Å²) in [5, 5.41) is 8.85. The predicted molar refractivity (Wildman–Crippen MR) is 148 cm³/mol. The number of carbonyl (C=O) groups is 1. The molecule has 2 fully saturated rings. The van der Waals surface area contributed by atoms with E-state index in [2.05, 4.69) is 38.6 Å². The molecule has 0 radical (unpaired) electrons. The van der Waals surface area contributed by atoms with Gasteiger partial charge in [0.1, 0.15) is 23.7 Å². The van der Waals surface area contributed by atoms with Crippen molar-refractivity contribution >= 4 is 33.5 Å². The molecular weight excluding hydrogens is 496 g/mol. The monoisotopic (exact) mass is 528 g/mol. The quantitative estimate of drug-likeness (QED) is 0.361. The van der Waals surface area contributed by atoms with E-state index in [1.54, 1.807) is 17.3 Å². The van der Waals surface area contributed by atoms with Crippen LogP contribution < -0.4 is 14.4 Å². The minimum Gasteiger partial charge on any atom is -0.462 e. The van der Waals surface area contributed by atoms with Gasteiger partial charge in [0.25, 0.3) is 0 Å². The second-order valence-electron chi connectivity index (χ2n) is 10.1. The van der Waals surface area contributed by atoms with Crippen LogP contribution in [0.15, 0.2) is 43.2 Å². The third-order valence-electron chi connectivity index (χ3n) is 7.65. The number of rotatable bonds is 7. The SMILES string of the molecule is C=CC(=O)N1CCN(c2nc(OC[C@@H]3CCCN3C)nc3c(Oc4c(C)ccc5[nH]ncc45)nccc23)CC1. The lowest BCUT2D eigenvalue weighted by molar-refractivity contribution is -0.126. The number of anilines is 1. The number of likely N-dealkylation sites (tertiary alicyclic amines) is 1. The Bertz CT molecular complexity index is 1530. The van der Waals surface area contributed by atoms with Crippen LogP contribution in [-0.2, 0) is 4.79 Å². The number of pyridine rings is 1. The fraction of sp³-hybridized carbons (Fsp3) is 0.393. The Morgan fingerprint density at radius 3 is 2.77 bits per heavy atom. The maximum atomic E-state index is 12.1. The first-order valence-corrected chi connectivity index (χ1v) is 13.3. The van der Waals surface area contributed by atoms with E-state index in [0.29, 0.717) is 62.0 Å². The second kappa shape index (κ2) is 10.5. The maximum absolute atomic E-state index is 12.1. The third kappa shape index (κ3) is 4.85. The molecule has 11 heteroatoms. The molecule has 1 aromatic carbocycles. The number of piperazine rings is 1. The Morgan fingerprint density at radius 2 is 2.00 bits per heavy atom. The summed E-state index contributed by atoms with van der Waals surface area (Å²) in [7, 11) is 2.12. The highest BCUT2D eigenvalue weighted by Gasteiger charge is 2.26. The van der Waals surface area contributed by atoms with Crippen molar-refractivity contribution < 1.29 is 14.3 Å². The zero-order chi connectivity index (χ0) is 26.9. The molecule has 1 atom stereocenters. The Labute approximate surface area is 226 Å². The third-order valence-corrected chi connectivity index (χ3v) is 7.65. The van der Waals surface area contributed by atoms with Gasteiger partial charge in [-0.15, -0.1) is 0 Å². The lowest BCUT2D eigenvalue weighted by Crippen LogP contribution is -2.48. The summed E-state index contributed by atoms with van der Waals surface area (Å²) in [6, 6.07) is 6.48. The topological polar surface area (TPSA) is 113 Å². The summed E-state index contributed by atoms with van der Waals surface area (Å²) in [6.07, 6.45) is 7.06. The van der Waals surface area contributed by atoms with Crippen molar-refractivity contribution in [3.05, 3.63) is 48.8 Å². The van der Waals surface area contributed by atoms with E-state index in [4.69, 9.17) is 19.4 Å². The number of nitrogens with one attached hydrogen (secondary N) is 1. The van der Waals surface area contributed by atoms with E-state index in [9.17, 15) is 4.79 Å². The number of hydrogen-bond donors (Lipinski definition) is 1. The number of benzene rings is 1. The van der Waals surface area contributed by atoms with Gasteiger partial charge in [0, 0.05) is 38.4 Å². The summed E-state index contributed by atoms with van der Waals surface area (Å²) < 4.78 is 12.6. The van der Waals surface area contributed by atoms with E-state index >= 15 is 0 Å². The molecule has 2 saturated heterocycles. The second-order valence-corrected chi connectivity index (χ2v) is 10.1. The van der Waals surface area contributed by atoms with E-state index in [-0.39, 0.29) is 5.91 Å². The number of carbonyl (C=O) groups excluding carboxylic acids is 1. The highest BCUT2D eigenvalue weighted by Crippen LogP contribution is 2.37. The van der Waals surface area contributed by atoms with Crippen LogP contribution in [-0.4, -0.2) is 93.3 Å². The zero-order valence-corrected chi connectivity index (χ0v) is 22.3. The van der Waals surface area contributed by atoms with Gasteiger partial charge in [0.15, 0.2) is 0 Å². The van der Waals surface area contributed by atoms with Crippen molar-refractivity contribution in [2.24, 2.45) is 0 Å². The molecule has 11 nitrogen and oxygen atoms in total. The Kier molecular flexibility index (Phi) is 6.74. The van der Waals surface area contributed by atoms with Crippen LogP contribution in [0.1, 0.15) is 18.4 Å². The average Bonchev–Trinajstić information content (AvgIpc) is 3.61. The number of ether oxygens (including phenoxy) is 2. The molecule has 3 aromatic heterocycles. The van der Waals surface area contributed by atoms with Crippen LogP contribution in [0.5, 0.6) is 17.6 Å². The Morgan fingerprint density at radius 1 is 1.15 bits per heavy atom. The van der Waals surface area contributed by atoms with Gasteiger partial charge >= 0.3 is 6.01 Å². The lowest BCUT2D eigenvalue weighted by Gasteiger charge is -2.35. The molecule has 0 bridgehead atoms. The first-order chi connectivity index (χ1) is 19.0. The van der Waals surface area contributed by atoms with E-state index < -0.39 is 0 Å². The van der Waals surface area contributed by atoms with E-state index in [0.717, 1.165) is 47.1 Å². The molecule has 1 amide bonds. The molecule has 6 rings (SSSR count). The summed E-state index contributed by atoms with van der Waals surface area (Å²) in [5.41, 5.74) is 2.41. The lowest BCUT2D eigenvalue weighted by atomic mass is 10.1. The van der Waals surface area contributed by atoms with Gasteiger partial charge in [-0.25, -0.2) is 4.98 Å². The molecule has 1 N–H and O–H groups in total. The molecule has 0 saturated carbocycles. The van der Waals surface area contributed by atoms with Crippen LogP contribution in [0.25, 0.3) is 21.8 Å². The zero-order valence-electron chi connectivity index (χ0n) is 22.3. The van der Waals surface area contributed by atoms with Gasteiger partial charge in [0.2, 0.25) is 11.8 Å². The number of aromatic nitrogens is 5. The van der Waals surface area contributed by atoms with Crippen molar-refractivity contribution in [3.8, 4) is 17.6 Å². The predicted octanol–water partition coefficient (Wildman–Crippen LogP) is 3.31. The van der Waals surface area contributed by atoms with Crippen molar-refractivity contribution in [2.75, 3.05) is 51.3 Å². The van der Waals surface area contributed by atoms with Crippen LogP contribution in [0.3, 0.4) is 0 Å². The first kappa shape index (κ1) is 25.1. The van der Waals surface area contributed by atoms with Gasteiger partial charge < -0.3 is 24.2 Å². The highest BCUT2D eigenvalue weighted by molar-refractivity contribution is 5.94. The Hall–Kier alpha value is -4.25. The molecule has 0 unspecified atom stereocenters. The average molecular weight is 529 g/mol. The van der Waals surface area contributed by atoms with E-state index in [1.807, 2.05) is 25.1 Å². The van der Waals surface area contributed by atoms with Gasteiger partial charge in [-0.05, 0) is 57.1 Å². The van der Waals surface area contributed by atoms with Crippen molar-refractivity contribution in [2.45, 2.75) is 25.8 Å². The van der Waals surface area contributed by atoms with Crippen molar-refractivity contribution in [1.29, 1.82) is 0 Å². The first-order valence-electron chi connectivity index (χ1n) is 13.3. The molecule has 2 aliphatic heterocycles. The van der Waals surface area contributed by atoms with Gasteiger partial charge in [0.05, 0.1) is 22.5 Å². The number of aromatic amines is 1. The molecule has 4 aromatic rings. The number of likely N-dealkylation sites (N-methyl/N-ethyl adjacent to an activating group) is 1. The number of fused-ring (bicyclic) bond motifs is 2. The van der Waals surface area contributed by atoms with Crippen LogP contribution in [0.4, 0.5) is 5.82 Å². The molecule has 5 heterocycles. The smallest absolute Gasteiger partial charge is 0.319 e. The van der Waals surface area contributed by atoms with Gasteiger partial charge in [-0.2, -0.15) is 15.1 Å². The number of hydrogen-bond acceptors (Lipinski definition) is 9. The highest BCUT2D eigenvalue weighted by atomic mass is 16.5. The summed E-state index contributed by atoms with van der Waals surface area (Å²) in [4.78, 5) is 32.6. The summed E-state index contributed by atoms with van der Waals surface area (Å²) in [5.74, 6) is 1.73. The number of amides is 1. The molecule has 0 aliphatic carbocycles. The van der Waals surface area contributed by atoms with Gasteiger partial charge in [-0.1, -0.05) is 12.6 Å². The number of aryl methyl sites for hydroxylation is 1. The van der Waals surface area contributed by atoms with Crippen LogP contribution in [0, 0.1) is 6.92 Å². The fourth-order valence-electron chi connectivity index (χ4n) is 5.34. The van der Waals surface area contributed by atoms with Crippen molar-refractivity contribution in [3.63, 3.8) is 0 Å². The number of nitrogens with zero attached hydrogens (tertiary/aromatic N) is 7. The minimum atomic E-state index is -0.0596. The molecule has 0 spiro atoms. The number of H-pyrrole nitrogens is 1. The van der Waals surface area contributed by atoms with Crippen molar-refractivity contribution in [1.82, 2.24) is 34.9 Å². The summed E-state index contributed by atoms with van der Waals surface area (Å²) >= 11 is 0. The Balaban J connectivity index is 1.38. The van der Waals surface area contributed by atoms with Crippen LogP contribution >= 0.6 is 0 Å². The summed E-state index contributed by atoms with van der Waals surface area (Å²) in [6.45, 7) is 9.59. The minimum absolute atomic E-state index is 0.0596. The largest absolute Gasteiger partial charge is 0.462 e. The molecule has 202 valence electrons. The molecule has 39 heavy (non-hydrogen) atoms. The standard InChI is InChI=1S/C28H32N8O3/c1-4-23(37)35-12-14-36(15-13-35)26-20-9-10-29-27(39-25-18(2)7-8-22-21(25)16-30-33-22)24(20)31-28(32-26)38-17-19-6-5-11-34(19)3/h4,7-10,16,19H,1,5-6,11-15,17H2,2-3H3,(H,30,33)/t19-/m0/s1. The normalized spacial score (nSPS) is 18.2. The maximum Gasteiger partial charge on any atom is 0.319 e.